The number of alkyl halides is 2. The number of halogens is 2. The Hall–Kier alpha value is 0.580. The minimum absolute atomic E-state index is 0.319. The highest BCUT2D eigenvalue weighted by molar-refractivity contribution is 6.23. The van der Waals surface area contributed by atoms with E-state index in [1.165, 1.54) is 6.42 Å². The second-order valence-corrected chi connectivity index (χ2v) is 4.58. The van der Waals surface area contributed by atoms with E-state index in [2.05, 4.69) is 6.92 Å². The zero-order valence-electron chi connectivity index (χ0n) is 6.32. The summed E-state index contributed by atoms with van der Waals surface area (Å²) in [6, 6.07) is 0. The van der Waals surface area contributed by atoms with Gasteiger partial charge in [-0.2, -0.15) is 0 Å². The highest BCUT2D eigenvalue weighted by Gasteiger charge is 2.20. The van der Waals surface area contributed by atoms with Crippen molar-refractivity contribution in [3.63, 3.8) is 0 Å². The van der Waals surface area contributed by atoms with Crippen LogP contribution >= 0.6 is 23.2 Å². The van der Waals surface area contributed by atoms with Crippen LogP contribution in [0.5, 0.6) is 0 Å². The molecule has 0 aromatic rings. The Balaban J connectivity index is 2.38. The van der Waals surface area contributed by atoms with E-state index in [-0.39, 0.29) is 0 Å². The average Bonchev–Trinajstić information content (AvgIpc) is 1.93. The Bertz CT molecular complexity index is 91.4. The van der Waals surface area contributed by atoms with Crippen LogP contribution in [0.15, 0.2) is 0 Å². The van der Waals surface area contributed by atoms with Gasteiger partial charge in [-0.3, -0.25) is 0 Å². The standard InChI is InChI=1S/C8H14Cl2/c1-6-2-3-7(9)5-8(10)4-6/h6-8H,2-5H2,1H3. The number of hydrogen-bond donors (Lipinski definition) is 0. The van der Waals surface area contributed by atoms with Crippen molar-refractivity contribution in [2.24, 2.45) is 5.92 Å². The first-order valence-corrected chi connectivity index (χ1v) is 4.84. The lowest BCUT2D eigenvalue weighted by Gasteiger charge is -2.08. The molecule has 60 valence electrons. The van der Waals surface area contributed by atoms with E-state index >= 15 is 0 Å². The molecular weight excluding hydrogens is 167 g/mol. The molecule has 2 heteroatoms. The molecule has 1 fully saturated rings. The molecule has 3 unspecified atom stereocenters. The van der Waals surface area contributed by atoms with Crippen LogP contribution in [0.25, 0.3) is 0 Å². The fraction of sp³-hybridized carbons (Fsp3) is 1.00. The molecule has 1 saturated carbocycles. The summed E-state index contributed by atoms with van der Waals surface area (Å²) < 4.78 is 0. The minimum atomic E-state index is 0.319. The lowest BCUT2D eigenvalue weighted by Crippen LogP contribution is -2.04. The summed E-state index contributed by atoms with van der Waals surface area (Å²) in [5, 5.41) is 0.646. The van der Waals surface area contributed by atoms with Crippen molar-refractivity contribution in [2.75, 3.05) is 0 Å². The van der Waals surface area contributed by atoms with Gasteiger partial charge in [-0.15, -0.1) is 23.2 Å². The first kappa shape index (κ1) is 8.67. The molecule has 10 heavy (non-hydrogen) atoms. The molecule has 1 rings (SSSR count). The monoisotopic (exact) mass is 180 g/mol. The van der Waals surface area contributed by atoms with E-state index < -0.39 is 0 Å². The van der Waals surface area contributed by atoms with Crippen LogP contribution in [0.3, 0.4) is 0 Å². The predicted molar refractivity (Wildman–Crippen MR) is 46.9 cm³/mol. The maximum atomic E-state index is 6.03. The van der Waals surface area contributed by atoms with Crippen molar-refractivity contribution >= 4 is 23.2 Å². The fourth-order valence-electron chi connectivity index (χ4n) is 1.51. The Morgan fingerprint density at radius 2 is 1.70 bits per heavy atom. The van der Waals surface area contributed by atoms with E-state index in [9.17, 15) is 0 Å². The summed E-state index contributed by atoms with van der Waals surface area (Å²) in [5.74, 6) is 0.770. The van der Waals surface area contributed by atoms with Crippen molar-refractivity contribution in [1.82, 2.24) is 0 Å². The molecule has 0 heterocycles. The van der Waals surface area contributed by atoms with Gasteiger partial charge in [0.1, 0.15) is 0 Å². The van der Waals surface area contributed by atoms with Gasteiger partial charge in [0.2, 0.25) is 0 Å². The lowest BCUT2D eigenvalue weighted by atomic mass is 10.0. The molecule has 0 spiro atoms. The van der Waals surface area contributed by atoms with Gasteiger partial charge in [-0.1, -0.05) is 6.92 Å². The Labute approximate surface area is 72.9 Å². The molecule has 0 aromatic heterocycles. The first-order valence-electron chi connectivity index (χ1n) is 3.96. The average molecular weight is 181 g/mol. The maximum absolute atomic E-state index is 6.03. The van der Waals surface area contributed by atoms with E-state index in [1.807, 2.05) is 0 Å². The van der Waals surface area contributed by atoms with E-state index in [4.69, 9.17) is 23.2 Å². The molecule has 0 nitrogen and oxygen atoms in total. The van der Waals surface area contributed by atoms with E-state index in [0.717, 1.165) is 25.2 Å². The van der Waals surface area contributed by atoms with Crippen molar-refractivity contribution < 1.29 is 0 Å². The van der Waals surface area contributed by atoms with Gasteiger partial charge in [0.15, 0.2) is 0 Å². The van der Waals surface area contributed by atoms with Crippen LogP contribution < -0.4 is 0 Å². The summed E-state index contributed by atoms with van der Waals surface area (Å²) in [6.07, 6.45) is 4.53. The van der Waals surface area contributed by atoms with Crippen LogP contribution in [-0.2, 0) is 0 Å². The Morgan fingerprint density at radius 1 is 1.00 bits per heavy atom. The molecular formula is C8H14Cl2. The molecule has 0 aromatic carbocycles. The normalized spacial score (nSPS) is 42.9. The zero-order valence-corrected chi connectivity index (χ0v) is 7.83. The number of hydrogen-bond acceptors (Lipinski definition) is 0. The fourth-order valence-corrected chi connectivity index (χ4v) is 2.46. The van der Waals surface area contributed by atoms with Gasteiger partial charge in [0.05, 0.1) is 0 Å². The quantitative estimate of drug-likeness (QED) is 0.396. The molecule has 1 aliphatic carbocycles. The molecule has 0 bridgehead atoms. The van der Waals surface area contributed by atoms with Crippen LogP contribution in [0, 0.1) is 5.92 Å². The van der Waals surface area contributed by atoms with Gasteiger partial charge in [0.25, 0.3) is 0 Å². The second kappa shape index (κ2) is 3.82. The van der Waals surface area contributed by atoms with Gasteiger partial charge in [0, 0.05) is 10.8 Å². The van der Waals surface area contributed by atoms with Crippen molar-refractivity contribution in [3.8, 4) is 0 Å². The van der Waals surface area contributed by atoms with Crippen LogP contribution in [0.2, 0.25) is 0 Å². The van der Waals surface area contributed by atoms with Gasteiger partial charge in [-0.05, 0) is 31.6 Å². The van der Waals surface area contributed by atoms with Gasteiger partial charge < -0.3 is 0 Å². The van der Waals surface area contributed by atoms with Gasteiger partial charge >= 0.3 is 0 Å². The zero-order chi connectivity index (χ0) is 7.56. The molecule has 3 atom stereocenters. The molecule has 0 N–H and O–H groups in total. The summed E-state index contributed by atoms with van der Waals surface area (Å²) in [5.41, 5.74) is 0. The van der Waals surface area contributed by atoms with Crippen LogP contribution in [0.1, 0.15) is 32.6 Å². The van der Waals surface area contributed by atoms with Crippen LogP contribution in [0.4, 0.5) is 0 Å². The third kappa shape index (κ3) is 2.67. The highest BCUT2D eigenvalue weighted by Crippen LogP contribution is 2.28. The minimum Gasteiger partial charge on any atom is -0.123 e. The van der Waals surface area contributed by atoms with Crippen molar-refractivity contribution in [1.29, 1.82) is 0 Å². The summed E-state index contributed by atoms with van der Waals surface area (Å²) in [6.45, 7) is 2.25. The predicted octanol–water partition coefficient (Wildman–Crippen LogP) is 3.41. The van der Waals surface area contributed by atoms with E-state index in [0.29, 0.717) is 10.8 Å². The van der Waals surface area contributed by atoms with Crippen molar-refractivity contribution in [3.05, 3.63) is 0 Å². The molecule has 1 aliphatic rings. The van der Waals surface area contributed by atoms with Gasteiger partial charge in [-0.25, -0.2) is 0 Å². The number of rotatable bonds is 0. The largest absolute Gasteiger partial charge is 0.123 e. The topological polar surface area (TPSA) is 0 Å². The Morgan fingerprint density at radius 3 is 2.40 bits per heavy atom. The molecule has 0 amide bonds. The third-order valence-electron chi connectivity index (χ3n) is 2.14. The summed E-state index contributed by atoms with van der Waals surface area (Å²) in [7, 11) is 0. The second-order valence-electron chi connectivity index (χ2n) is 3.35. The van der Waals surface area contributed by atoms with Crippen LogP contribution in [-0.4, -0.2) is 10.8 Å². The highest BCUT2D eigenvalue weighted by atomic mass is 35.5. The lowest BCUT2D eigenvalue weighted by molar-refractivity contribution is 0.508. The first-order chi connectivity index (χ1) is 4.68. The van der Waals surface area contributed by atoms with Crippen molar-refractivity contribution in [2.45, 2.75) is 43.4 Å². The molecule has 0 aliphatic heterocycles. The third-order valence-corrected chi connectivity index (χ3v) is 2.90. The van der Waals surface area contributed by atoms with E-state index in [1.54, 1.807) is 0 Å². The SMILES string of the molecule is CC1CCC(Cl)CC(Cl)C1. The Kier molecular flexibility index (Phi) is 3.32. The summed E-state index contributed by atoms with van der Waals surface area (Å²) in [4.78, 5) is 0. The summed E-state index contributed by atoms with van der Waals surface area (Å²) >= 11 is 12.0. The molecule has 0 saturated heterocycles. The maximum Gasteiger partial charge on any atom is 0.0352 e. The smallest absolute Gasteiger partial charge is 0.0352 e. The molecule has 0 radical (unpaired) electrons.